The third kappa shape index (κ3) is 2.99. The third-order valence-corrected chi connectivity index (χ3v) is 3.53. The summed E-state index contributed by atoms with van der Waals surface area (Å²) in [7, 11) is 0. The van der Waals surface area contributed by atoms with Gasteiger partial charge in [0.1, 0.15) is 0 Å². The van der Waals surface area contributed by atoms with E-state index >= 15 is 0 Å². The van der Waals surface area contributed by atoms with Gasteiger partial charge in [-0.25, -0.2) is 0 Å². The zero-order valence-corrected chi connectivity index (χ0v) is 11.5. The fraction of sp³-hybridized carbons (Fsp3) is 0.267. The molecule has 1 aromatic heterocycles. The molecule has 0 fully saturated rings. The number of amides is 1. The van der Waals surface area contributed by atoms with Crippen molar-refractivity contribution in [2.45, 2.75) is 26.4 Å². The highest BCUT2D eigenvalue weighted by Crippen LogP contribution is 2.15. The zero-order valence-electron chi connectivity index (χ0n) is 10.7. The third-order valence-electron chi connectivity index (χ3n) is 2.85. The Morgan fingerprint density at radius 1 is 1.22 bits per heavy atom. The largest absolute Gasteiger partial charge is 0.332 e. The van der Waals surface area contributed by atoms with Gasteiger partial charge in [-0.1, -0.05) is 30.3 Å². The van der Waals surface area contributed by atoms with E-state index in [-0.39, 0.29) is 11.9 Å². The first kappa shape index (κ1) is 12.8. The minimum absolute atomic E-state index is 0.107. The Kier molecular flexibility index (Phi) is 4.15. The van der Waals surface area contributed by atoms with Crippen LogP contribution in [0.1, 0.15) is 29.8 Å². The number of carbonyl (C=O) groups is 1. The number of carbonyl (C=O) groups excluding carboxylic acids is 1. The standard InChI is InChI=1S/C15H17NOS/c1-12(2)16(10-13-6-4-3-5-7-13)15(17)14-8-9-18-11-14/h3-9,11-12H,10H2,1-2H3. The van der Waals surface area contributed by atoms with Gasteiger partial charge < -0.3 is 4.90 Å². The molecule has 0 radical (unpaired) electrons. The quantitative estimate of drug-likeness (QED) is 0.818. The maximum atomic E-state index is 12.4. The van der Waals surface area contributed by atoms with Gasteiger partial charge in [0.15, 0.2) is 0 Å². The molecule has 0 aliphatic carbocycles. The van der Waals surface area contributed by atoms with Gasteiger partial charge in [0, 0.05) is 18.0 Å². The first-order valence-electron chi connectivity index (χ1n) is 6.05. The van der Waals surface area contributed by atoms with Crippen molar-refractivity contribution in [1.82, 2.24) is 4.90 Å². The van der Waals surface area contributed by atoms with Crippen LogP contribution in [0.5, 0.6) is 0 Å². The van der Waals surface area contributed by atoms with Crippen molar-refractivity contribution >= 4 is 17.2 Å². The average Bonchev–Trinajstić information content (AvgIpc) is 2.90. The Labute approximate surface area is 112 Å². The van der Waals surface area contributed by atoms with Crippen LogP contribution in [0.2, 0.25) is 0 Å². The van der Waals surface area contributed by atoms with Crippen LogP contribution in [0.15, 0.2) is 47.2 Å². The molecule has 1 amide bonds. The van der Waals surface area contributed by atoms with Gasteiger partial charge in [-0.3, -0.25) is 4.79 Å². The van der Waals surface area contributed by atoms with E-state index in [2.05, 4.69) is 12.1 Å². The summed E-state index contributed by atoms with van der Waals surface area (Å²) < 4.78 is 0. The second kappa shape index (κ2) is 5.83. The van der Waals surface area contributed by atoms with Gasteiger partial charge in [-0.2, -0.15) is 11.3 Å². The molecular formula is C15H17NOS. The topological polar surface area (TPSA) is 20.3 Å². The van der Waals surface area contributed by atoms with E-state index in [1.54, 1.807) is 11.3 Å². The van der Waals surface area contributed by atoms with Crippen LogP contribution in [-0.4, -0.2) is 16.8 Å². The SMILES string of the molecule is CC(C)N(Cc1ccccc1)C(=O)c1ccsc1. The second-order valence-electron chi connectivity index (χ2n) is 4.52. The number of hydrogen-bond donors (Lipinski definition) is 0. The highest BCUT2D eigenvalue weighted by atomic mass is 32.1. The average molecular weight is 259 g/mol. The molecule has 0 saturated carbocycles. The zero-order chi connectivity index (χ0) is 13.0. The second-order valence-corrected chi connectivity index (χ2v) is 5.30. The maximum Gasteiger partial charge on any atom is 0.255 e. The first-order chi connectivity index (χ1) is 8.68. The van der Waals surface area contributed by atoms with Crippen LogP contribution in [-0.2, 0) is 6.54 Å². The molecule has 2 nitrogen and oxygen atoms in total. The molecule has 2 rings (SSSR count). The molecule has 0 N–H and O–H groups in total. The summed E-state index contributed by atoms with van der Waals surface area (Å²) in [6.45, 7) is 4.76. The van der Waals surface area contributed by atoms with Gasteiger partial charge in [0.2, 0.25) is 0 Å². The van der Waals surface area contributed by atoms with Crippen molar-refractivity contribution in [2.24, 2.45) is 0 Å². The Hall–Kier alpha value is -1.61. The smallest absolute Gasteiger partial charge is 0.255 e. The highest BCUT2D eigenvalue weighted by Gasteiger charge is 2.19. The van der Waals surface area contributed by atoms with Gasteiger partial charge in [-0.15, -0.1) is 0 Å². The summed E-state index contributed by atoms with van der Waals surface area (Å²) in [6, 6.07) is 12.2. The molecule has 2 aromatic rings. The predicted octanol–water partition coefficient (Wildman–Crippen LogP) is 3.80. The number of benzene rings is 1. The summed E-state index contributed by atoms with van der Waals surface area (Å²) in [4.78, 5) is 14.3. The minimum Gasteiger partial charge on any atom is -0.332 e. The number of hydrogen-bond acceptors (Lipinski definition) is 2. The fourth-order valence-electron chi connectivity index (χ4n) is 1.82. The fourth-order valence-corrected chi connectivity index (χ4v) is 2.45. The lowest BCUT2D eigenvalue weighted by Gasteiger charge is -2.26. The summed E-state index contributed by atoms with van der Waals surface area (Å²) in [6.07, 6.45) is 0. The molecule has 94 valence electrons. The van der Waals surface area contributed by atoms with Gasteiger partial charge in [0.05, 0.1) is 5.56 Å². The lowest BCUT2D eigenvalue weighted by molar-refractivity contribution is 0.0691. The van der Waals surface area contributed by atoms with E-state index in [1.807, 2.05) is 53.8 Å². The van der Waals surface area contributed by atoms with Crippen molar-refractivity contribution in [2.75, 3.05) is 0 Å². The Balaban J connectivity index is 2.17. The Morgan fingerprint density at radius 2 is 1.94 bits per heavy atom. The molecule has 0 unspecified atom stereocenters. The van der Waals surface area contributed by atoms with E-state index in [1.165, 1.54) is 0 Å². The first-order valence-corrected chi connectivity index (χ1v) is 7.00. The van der Waals surface area contributed by atoms with Crippen LogP contribution in [0.3, 0.4) is 0 Å². The van der Waals surface area contributed by atoms with E-state index in [4.69, 9.17) is 0 Å². The van der Waals surface area contributed by atoms with E-state index in [0.717, 1.165) is 11.1 Å². The Morgan fingerprint density at radius 3 is 2.50 bits per heavy atom. The summed E-state index contributed by atoms with van der Waals surface area (Å²) in [5.41, 5.74) is 1.94. The molecule has 1 aromatic carbocycles. The molecule has 0 bridgehead atoms. The molecular weight excluding hydrogens is 242 g/mol. The minimum atomic E-state index is 0.107. The van der Waals surface area contributed by atoms with Crippen molar-refractivity contribution in [1.29, 1.82) is 0 Å². The molecule has 1 heterocycles. The number of rotatable bonds is 4. The van der Waals surface area contributed by atoms with Crippen LogP contribution < -0.4 is 0 Å². The molecule has 0 spiro atoms. The van der Waals surface area contributed by atoms with Gasteiger partial charge >= 0.3 is 0 Å². The molecule has 18 heavy (non-hydrogen) atoms. The molecule has 0 atom stereocenters. The van der Waals surface area contributed by atoms with Crippen LogP contribution in [0.4, 0.5) is 0 Å². The van der Waals surface area contributed by atoms with E-state index in [9.17, 15) is 4.79 Å². The van der Waals surface area contributed by atoms with Crippen LogP contribution in [0, 0.1) is 0 Å². The summed E-state index contributed by atoms with van der Waals surface area (Å²) in [5, 5.41) is 3.84. The van der Waals surface area contributed by atoms with Crippen LogP contribution in [0.25, 0.3) is 0 Å². The monoisotopic (exact) mass is 259 g/mol. The molecule has 0 saturated heterocycles. The van der Waals surface area contributed by atoms with Crippen molar-refractivity contribution in [3.63, 3.8) is 0 Å². The maximum absolute atomic E-state index is 12.4. The number of thiophene rings is 1. The molecule has 0 aliphatic heterocycles. The van der Waals surface area contributed by atoms with E-state index < -0.39 is 0 Å². The van der Waals surface area contributed by atoms with Crippen molar-refractivity contribution in [3.8, 4) is 0 Å². The van der Waals surface area contributed by atoms with Gasteiger partial charge in [0.25, 0.3) is 5.91 Å². The van der Waals surface area contributed by atoms with Crippen molar-refractivity contribution < 1.29 is 4.79 Å². The molecule has 0 aliphatic rings. The van der Waals surface area contributed by atoms with Gasteiger partial charge in [-0.05, 0) is 30.9 Å². The predicted molar refractivity (Wildman–Crippen MR) is 75.8 cm³/mol. The van der Waals surface area contributed by atoms with Crippen LogP contribution >= 0.6 is 11.3 Å². The van der Waals surface area contributed by atoms with Crippen molar-refractivity contribution in [3.05, 3.63) is 58.3 Å². The molecule has 3 heteroatoms. The van der Waals surface area contributed by atoms with E-state index in [0.29, 0.717) is 6.54 Å². The normalized spacial score (nSPS) is 10.6. The number of nitrogens with zero attached hydrogens (tertiary/aromatic N) is 1. The Bertz CT molecular complexity index is 490. The highest BCUT2D eigenvalue weighted by molar-refractivity contribution is 7.08. The summed E-state index contributed by atoms with van der Waals surface area (Å²) in [5.74, 6) is 0.107. The lowest BCUT2D eigenvalue weighted by Crippen LogP contribution is -2.36. The summed E-state index contributed by atoms with van der Waals surface area (Å²) >= 11 is 1.56. The lowest BCUT2D eigenvalue weighted by atomic mass is 10.1.